The Labute approximate surface area is 585 Å². The van der Waals surface area contributed by atoms with Gasteiger partial charge < -0.3 is 36.0 Å². The molecule has 0 spiro atoms. The summed E-state index contributed by atoms with van der Waals surface area (Å²) in [7, 11) is 0. The predicted octanol–water partition coefficient (Wildman–Crippen LogP) is 4.96. The molecular formula is C72H137N13O12. The molecular weight excluding hydrogens is 1240 g/mol. The first-order valence-electron chi connectivity index (χ1n) is 36.4. The van der Waals surface area contributed by atoms with Crippen LogP contribution in [0.5, 0.6) is 0 Å². The maximum Gasteiger partial charge on any atom is 0.317 e. The van der Waals surface area contributed by atoms with Crippen LogP contribution in [-0.4, -0.2) is 301 Å². The summed E-state index contributed by atoms with van der Waals surface area (Å²) in [4.78, 5) is 129. The van der Waals surface area contributed by atoms with Gasteiger partial charge in [-0.15, -0.1) is 0 Å². The molecule has 9 fully saturated rings. The number of nitrogens with zero attached hydrogens (tertiary/aromatic N) is 9. The van der Waals surface area contributed by atoms with Crippen LogP contribution in [-0.2, 0) is 43.2 Å². The fourth-order valence-corrected chi connectivity index (χ4v) is 13.4. The third kappa shape index (κ3) is 31.7. The second-order valence-corrected chi connectivity index (χ2v) is 30.1. The molecule has 6 atom stereocenters. The second kappa shape index (κ2) is 44.4. The van der Waals surface area contributed by atoms with Crippen LogP contribution < -0.4 is 21.3 Å². The number of hydrogen-bond acceptors (Lipinski definition) is 19. The molecule has 6 N–H and O–H groups in total. The first-order chi connectivity index (χ1) is 45.0. The van der Waals surface area contributed by atoms with E-state index in [0.717, 1.165) is 84.6 Å². The van der Waals surface area contributed by atoms with Crippen LogP contribution >= 0.6 is 0 Å². The van der Waals surface area contributed by atoms with Crippen LogP contribution in [0, 0.1) is 0 Å². The van der Waals surface area contributed by atoms with Gasteiger partial charge in [0.05, 0.1) is 61.5 Å². The van der Waals surface area contributed by atoms with Crippen molar-refractivity contribution in [3.63, 3.8) is 0 Å². The van der Waals surface area contributed by atoms with Crippen molar-refractivity contribution in [3.8, 4) is 0 Å². The molecule has 25 nitrogen and oxygen atoms in total. The smallest absolute Gasteiger partial charge is 0.317 e. The minimum atomic E-state index is -0.341. The highest BCUT2D eigenvalue weighted by atomic mass is 16.3. The van der Waals surface area contributed by atoms with Gasteiger partial charge in [-0.2, -0.15) is 0 Å². The Morgan fingerprint density at radius 1 is 0.412 bits per heavy atom. The minimum Gasteiger partial charge on any atom is -0.392 e. The summed E-state index contributed by atoms with van der Waals surface area (Å²) in [5, 5.41) is 29.4. The zero-order chi connectivity index (χ0) is 74.5. The van der Waals surface area contributed by atoms with Crippen LogP contribution in [0.15, 0.2) is 0 Å². The lowest BCUT2D eigenvalue weighted by atomic mass is 9.97. The van der Waals surface area contributed by atoms with E-state index in [1.165, 1.54) is 12.8 Å². The van der Waals surface area contributed by atoms with Crippen LogP contribution in [0.25, 0.3) is 0 Å². The number of likely N-dealkylation sites (tertiary alicyclic amines) is 5. The van der Waals surface area contributed by atoms with Crippen LogP contribution in [0.1, 0.15) is 218 Å². The average Bonchev–Trinajstić information content (AvgIpc) is 1.74. The number of ketones is 4. The summed E-state index contributed by atoms with van der Waals surface area (Å²) < 4.78 is 0. The Morgan fingerprint density at radius 2 is 0.804 bits per heavy atom. The number of piperazine rings is 3. The number of aliphatic hydroxyl groups is 2. The van der Waals surface area contributed by atoms with Crippen molar-refractivity contribution in [2.75, 3.05) is 91.6 Å². The summed E-state index contributed by atoms with van der Waals surface area (Å²) in [6.07, 6.45) is 6.88. The summed E-state index contributed by atoms with van der Waals surface area (Å²) in [6.45, 7) is 58.8. The van der Waals surface area contributed by atoms with Gasteiger partial charge in [0.25, 0.3) is 0 Å². The molecule has 9 rings (SSSR count). The average molecular weight is 1380 g/mol. The zero-order valence-corrected chi connectivity index (χ0v) is 64.7. The van der Waals surface area contributed by atoms with E-state index in [1.807, 2.05) is 83.9 Å². The van der Waals surface area contributed by atoms with Crippen molar-refractivity contribution in [1.29, 1.82) is 0 Å². The number of carbonyl (C=O) groups is 10. The topological polar surface area (TPSA) is 288 Å². The van der Waals surface area contributed by atoms with Crippen LogP contribution in [0.4, 0.5) is 4.79 Å². The maximum atomic E-state index is 11.5. The molecule has 0 saturated carbocycles. The third-order valence-electron chi connectivity index (χ3n) is 19.0. The van der Waals surface area contributed by atoms with E-state index in [9.17, 15) is 58.2 Å². The van der Waals surface area contributed by atoms with Gasteiger partial charge in [-0.05, 0) is 224 Å². The van der Waals surface area contributed by atoms with Crippen molar-refractivity contribution < 1.29 is 58.2 Å². The quantitative estimate of drug-likeness (QED) is 0.133. The molecule has 9 heterocycles. The number of rotatable bonds is 13. The summed E-state index contributed by atoms with van der Waals surface area (Å²) in [6, 6.07) is 4.05. The Balaban J connectivity index is 0.000000546. The molecule has 0 radical (unpaired) electrons. The Kier molecular flexibility index (Phi) is 41.3. The van der Waals surface area contributed by atoms with Gasteiger partial charge in [-0.25, -0.2) is 4.79 Å². The largest absolute Gasteiger partial charge is 0.392 e. The van der Waals surface area contributed by atoms with E-state index in [2.05, 4.69) is 120 Å². The van der Waals surface area contributed by atoms with Crippen molar-refractivity contribution in [2.45, 2.75) is 314 Å². The van der Waals surface area contributed by atoms with Crippen molar-refractivity contribution >= 4 is 58.7 Å². The molecule has 7 amide bonds. The molecule has 0 aromatic heterocycles. The molecule has 9 aliphatic rings. The fourth-order valence-electron chi connectivity index (χ4n) is 13.4. The summed E-state index contributed by atoms with van der Waals surface area (Å²) in [5.41, 5.74) is -0.341. The number of imide groups is 1. The van der Waals surface area contributed by atoms with E-state index in [4.69, 9.17) is 0 Å². The highest BCUT2D eigenvalue weighted by Gasteiger charge is 2.40. The standard InChI is InChI=1S/C9H18N2O.2C9H17NO2.2C9H17NO.C7H12N2O2.C7H14N2O.C7H13NO.C6H12N2O/c1-7(2)11-6-5-10-8(12)9(11,3)4;2*1-6(2)10-5-8(12)4-9(10)7(3)11;2*1-7(2)10-6-4-5-9(10)8(3)11;1-5(2)9-3-6(10)8-7(11)4-9;1-6(2)9-4-3-8-7(10)5-9;1-6(2)8-5-3-4-7(8)9;1-5(2)8-4-3-7-6(8)9/h7H,5-6H2,1-4H3,(H,10,12);2*6,8-9,12H,4-5H2,1-3H3;2*7,9H,4-6H2,1-3H3;5H,3-4H2,1-2H3,(H,8,10,11);6H,3-5H2,1-2H3,(H,8,10);6H,3-5H2,1-2H3;5H,3-4H2,1-2H3,(H,7,9)/t;2*8-,9+;2*9-;;;;/m.1010..../s1. The molecule has 25 heteroatoms. The number of β-amino-alcohol motifs (C(OH)–C–C–N with tert-alkyl or cyclic N) is 2. The molecule has 0 bridgehead atoms. The predicted molar refractivity (Wildman–Crippen MR) is 385 cm³/mol. The zero-order valence-electron chi connectivity index (χ0n) is 64.7. The van der Waals surface area contributed by atoms with Gasteiger partial charge in [-0.3, -0.25) is 82.8 Å². The van der Waals surface area contributed by atoms with Crippen molar-refractivity contribution in [1.82, 2.24) is 65.4 Å². The molecule has 0 unspecified atom stereocenters. The highest BCUT2D eigenvalue weighted by molar-refractivity contribution is 5.99. The van der Waals surface area contributed by atoms with Gasteiger partial charge in [0, 0.05) is 120 Å². The van der Waals surface area contributed by atoms with Gasteiger partial charge in [-0.1, -0.05) is 0 Å². The number of aliphatic hydroxyl groups excluding tert-OH is 2. The number of carbonyl (C=O) groups excluding carboxylic acids is 10. The number of Topliss-reactive ketones (excluding diaryl/α,β-unsaturated/α-hetero) is 4. The maximum absolute atomic E-state index is 11.5. The first-order valence-corrected chi connectivity index (χ1v) is 36.4. The SMILES string of the molecule is CC(=O)[C@@H]1CCCN1C(C)C.CC(=O)[C@@H]1C[C@@H](O)CN1C(C)C.CC(=O)[C@H]1CCCN1C(C)C.CC(=O)[C@H]1C[C@H](O)CN1C(C)C.CC(C)N1CC(=O)NC(=O)C1.CC(C)N1CCCC1=O.CC(C)N1CCNC(=O)C1.CC(C)N1CCNC(=O)C1(C)C.CC(C)N1CCNC1=O. The van der Waals surface area contributed by atoms with E-state index >= 15 is 0 Å². The lowest BCUT2D eigenvalue weighted by Crippen LogP contribution is -2.63. The van der Waals surface area contributed by atoms with Gasteiger partial charge in [0.2, 0.25) is 29.5 Å². The van der Waals surface area contributed by atoms with E-state index in [0.29, 0.717) is 111 Å². The number of hydrogen-bond donors (Lipinski definition) is 6. The fraction of sp³-hybridized carbons (Fsp3) is 0.861. The Bertz CT molecular complexity index is 2330. The molecule has 9 aliphatic heterocycles. The molecule has 0 aromatic carbocycles. The second-order valence-electron chi connectivity index (χ2n) is 30.1. The number of urea groups is 1. The molecule has 0 aliphatic carbocycles. The lowest BCUT2D eigenvalue weighted by Gasteiger charge is -2.43. The van der Waals surface area contributed by atoms with Crippen LogP contribution in [0.2, 0.25) is 0 Å². The molecule has 562 valence electrons. The van der Waals surface area contributed by atoms with Gasteiger partial charge in [0.1, 0.15) is 23.1 Å². The summed E-state index contributed by atoms with van der Waals surface area (Å²) in [5.74, 6) is 1.21. The van der Waals surface area contributed by atoms with Crippen molar-refractivity contribution in [3.05, 3.63) is 0 Å². The number of nitrogens with one attached hydrogen (secondary N) is 4. The molecule has 0 aromatic rings. The third-order valence-corrected chi connectivity index (χ3v) is 19.0. The van der Waals surface area contributed by atoms with Crippen LogP contribution in [0.3, 0.4) is 0 Å². The lowest BCUT2D eigenvalue weighted by molar-refractivity contribution is -0.137. The molecule has 97 heavy (non-hydrogen) atoms. The van der Waals surface area contributed by atoms with Gasteiger partial charge in [0.15, 0.2) is 0 Å². The first kappa shape index (κ1) is 90.2. The highest BCUT2D eigenvalue weighted by Crippen LogP contribution is 2.25. The van der Waals surface area contributed by atoms with E-state index in [-0.39, 0.29) is 89.2 Å². The van der Waals surface area contributed by atoms with E-state index in [1.54, 1.807) is 27.7 Å². The molecule has 9 saturated heterocycles. The normalized spacial score (nSPS) is 24.9. The monoisotopic (exact) mass is 1380 g/mol. The van der Waals surface area contributed by atoms with Gasteiger partial charge >= 0.3 is 6.03 Å². The minimum absolute atomic E-state index is 0.0556. The van der Waals surface area contributed by atoms with E-state index < -0.39 is 0 Å². The Hall–Kier alpha value is -4.86. The number of amides is 7. The van der Waals surface area contributed by atoms with Crippen molar-refractivity contribution in [2.24, 2.45) is 0 Å². The Morgan fingerprint density at radius 3 is 1.06 bits per heavy atom. The summed E-state index contributed by atoms with van der Waals surface area (Å²) >= 11 is 0.